The first-order chi connectivity index (χ1) is 14.1. The lowest BCUT2D eigenvalue weighted by atomic mass is 10.0. The van der Waals surface area contributed by atoms with Crippen molar-refractivity contribution in [2.75, 3.05) is 14.2 Å². The second-order valence-electron chi connectivity index (χ2n) is 6.55. The van der Waals surface area contributed by atoms with Gasteiger partial charge in [0.1, 0.15) is 5.75 Å². The number of carbonyl (C=O) groups is 1. The predicted molar refractivity (Wildman–Crippen MR) is 112 cm³/mol. The highest BCUT2D eigenvalue weighted by molar-refractivity contribution is 7.10. The number of benzene rings is 2. The normalized spacial score (nSPS) is 15.9. The Morgan fingerprint density at radius 2 is 1.93 bits per heavy atom. The Labute approximate surface area is 172 Å². The SMILES string of the molecule is COc1ccc(C(=O)N2N=C(c3ccc(O)c(OC)c3)C[C@H]2c2cccs2)cc1. The second kappa shape index (κ2) is 7.97. The Bertz CT molecular complexity index is 1050. The van der Waals surface area contributed by atoms with Gasteiger partial charge < -0.3 is 14.6 Å². The molecule has 1 N–H and O–H groups in total. The van der Waals surface area contributed by atoms with Crippen molar-refractivity contribution in [1.29, 1.82) is 0 Å². The molecule has 0 unspecified atom stereocenters. The molecule has 2 aromatic carbocycles. The van der Waals surface area contributed by atoms with Crippen molar-refractivity contribution in [1.82, 2.24) is 5.01 Å². The summed E-state index contributed by atoms with van der Waals surface area (Å²) in [5, 5.41) is 18.1. The van der Waals surface area contributed by atoms with E-state index in [0.717, 1.165) is 16.2 Å². The molecule has 29 heavy (non-hydrogen) atoms. The summed E-state index contributed by atoms with van der Waals surface area (Å²) in [4.78, 5) is 14.3. The standard InChI is InChI=1S/C22H20N2O4S/c1-27-16-8-5-14(6-9-16)22(26)24-18(21-4-3-11-29-21)13-17(23-24)15-7-10-19(25)20(12-15)28-2/h3-12,18,25H,13H2,1-2H3/t18-/m0/s1. The van der Waals surface area contributed by atoms with Crippen LogP contribution in [-0.2, 0) is 0 Å². The van der Waals surface area contributed by atoms with Gasteiger partial charge in [-0.1, -0.05) is 6.07 Å². The van der Waals surface area contributed by atoms with Crippen LogP contribution in [0.2, 0.25) is 0 Å². The molecule has 3 aromatic rings. The fraction of sp³-hybridized carbons (Fsp3) is 0.182. The number of amides is 1. The Morgan fingerprint density at radius 1 is 1.14 bits per heavy atom. The monoisotopic (exact) mass is 408 g/mol. The zero-order chi connectivity index (χ0) is 20.4. The molecular formula is C22H20N2O4S. The fourth-order valence-electron chi connectivity index (χ4n) is 3.30. The first-order valence-electron chi connectivity index (χ1n) is 9.06. The highest BCUT2D eigenvalue weighted by Crippen LogP contribution is 2.37. The van der Waals surface area contributed by atoms with Crippen molar-refractivity contribution >= 4 is 23.0 Å². The Balaban J connectivity index is 1.70. The smallest absolute Gasteiger partial charge is 0.274 e. The van der Waals surface area contributed by atoms with Gasteiger partial charge in [0.05, 0.1) is 26.0 Å². The third-order valence-corrected chi connectivity index (χ3v) is 5.81. The maximum Gasteiger partial charge on any atom is 0.274 e. The molecule has 6 nitrogen and oxygen atoms in total. The molecule has 1 aromatic heterocycles. The van der Waals surface area contributed by atoms with E-state index in [1.807, 2.05) is 17.5 Å². The Kier molecular flexibility index (Phi) is 5.22. The maximum atomic E-state index is 13.2. The van der Waals surface area contributed by atoms with E-state index < -0.39 is 0 Å². The molecule has 0 fully saturated rings. The van der Waals surface area contributed by atoms with E-state index >= 15 is 0 Å². The van der Waals surface area contributed by atoms with Gasteiger partial charge in [-0.05, 0) is 53.9 Å². The largest absolute Gasteiger partial charge is 0.504 e. The van der Waals surface area contributed by atoms with Crippen molar-refractivity contribution in [2.45, 2.75) is 12.5 Å². The zero-order valence-corrected chi connectivity index (χ0v) is 16.8. The van der Waals surface area contributed by atoms with Gasteiger partial charge >= 0.3 is 0 Å². The number of hydrazone groups is 1. The van der Waals surface area contributed by atoms with E-state index in [-0.39, 0.29) is 17.7 Å². The van der Waals surface area contributed by atoms with Gasteiger partial charge in [-0.25, -0.2) is 5.01 Å². The van der Waals surface area contributed by atoms with Gasteiger partial charge in [0.15, 0.2) is 11.5 Å². The molecule has 0 saturated carbocycles. The van der Waals surface area contributed by atoms with Crippen LogP contribution in [0.5, 0.6) is 17.2 Å². The third kappa shape index (κ3) is 3.69. The summed E-state index contributed by atoms with van der Waals surface area (Å²) in [5.41, 5.74) is 2.12. The van der Waals surface area contributed by atoms with Crippen molar-refractivity contribution in [3.63, 3.8) is 0 Å². The van der Waals surface area contributed by atoms with Crippen LogP contribution in [0.3, 0.4) is 0 Å². The van der Waals surface area contributed by atoms with Gasteiger partial charge in [0.2, 0.25) is 0 Å². The van der Waals surface area contributed by atoms with Crippen LogP contribution in [-0.4, -0.2) is 36.0 Å². The number of methoxy groups -OCH3 is 2. The Morgan fingerprint density at radius 3 is 2.59 bits per heavy atom. The topological polar surface area (TPSA) is 71.4 Å². The molecule has 2 heterocycles. The average Bonchev–Trinajstić information content (AvgIpc) is 3.43. The molecule has 0 aliphatic carbocycles. The molecule has 0 spiro atoms. The van der Waals surface area contributed by atoms with E-state index in [9.17, 15) is 9.90 Å². The van der Waals surface area contributed by atoms with Crippen molar-refractivity contribution in [2.24, 2.45) is 5.10 Å². The lowest BCUT2D eigenvalue weighted by Gasteiger charge is -2.20. The van der Waals surface area contributed by atoms with E-state index in [0.29, 0.717) is 23.5 Å². The summed E-state index contributed by atoms with van der Waals surface area (Å²) in [6.45, 7) is 0. The van der Waals surface area contributed by atoms with Crippen molar-refractivity contribution in [3.8, 4) is 17.2 Å². The highest BCUT2D eigenvalue weighted by atomic mass is 32.1. The summed E-state index contributed by atoms with van der Waals surface area (Å²) < 4.78 is 10.4. The van der Waals surface area contributed by atoms with Gasteiger partial charge in [0.25, 0.3) is 5.91 Å². The number of hydrogen-bond acceptors (Lipinski definition) is 6. The van der Waals surface area contributed by atoms with E-state index in [2.05, 4.69) is 5.10 Å². The predicted octanol–water partition coefficient (Wildman–Crippen LogP) is 4.46. The fourth-order valence-corrected chi connectivity index (χ4v) is 4.11. The minimum atomic E-state index is -0.181. The molecule has 7 heteroatoms. The van der Waals surface area contributed by atoms with Crippen molar-refractivity contribution < 1.29 is 19.4 Å². The summed E-state index contributed by atoms with van der Waals surface area (Å²) in [5.74, 6) is 0.957. The average molecular weight is 408 g/mol. The number of aromatic hydroxyl groups is 1. The summed E-state index contributed by atoms with van der Waals surface area (Å²) >= 11 is 1.60. The van der Waals surface area contributed by atoms with Crippen LogP contribution in [0.4, 0.5) is 0 Å². The molecular weight excluding hydrogens is 388 g/mol. The third-order valence-electron chi connectivity index (χ3n) is 4.84. The highest BCUT2D eigenvalue weighted by Gasteiger charge is 2.34. The number of rotatable bonds is 5. The number of hydrogen-bond donors (Lipinski definition) is 1. The molecule has 0 radical (unpaired) electrons. The van der Waals surface area contributed by atoms with Gasteiger partial charge in [0, 0.05) is 22.4 Å². The minimum Gasteiger partial charge on any atom is -0.504 e. The number of ether oxygens (including phenoxy) is 2. The molecule has 0 saturated heterocycles. The number of phenols is 1. The van der Waals surface area contributed by atoms with Crippen LogP contribution in [0.25, 0.3) is 0 Å². The number of thiophene rings is 1. The lowest BCUT2D eigenvalue weighted by Crippen LogP contribution is -2.26. The molecule has 1 atom stereocenters. The van der Waals surface area contributed by atoms with E-state index in [1.165, 1.54) is 7.11 Å². The first-order valence-corrected chi connectivity index (χ1v) is 9.94. The van der Waals surface area contributed by atoms with E-state index in [1.54, 1.807) is 65.9 Å². The van der Waals surface area contributed by atoms with Crippen molar-refractivity contribution in [3.05, 3.63) is 76.0 Å². The lowest BCUT2D eigenvalue weighted by molar-refractivity contribution is 0.0713. The first kappa shape index (κ1) is 19.0. The summed E-state index contributed by atoms with van der Waals surface area (Å²) in [7, 11) is 3.09. The second-order valence-corrected chi connectivity index (χ2v) is 7.53. The quantitative estimate of drug-likeness (QED) is 0.677. The van der Waals surface area contributed by atoms with Crippen LogP contribution in [0, 0.1) is 0 Å². The van der Waals surface area contributed by atoms with Crippen LogP contribution >= 0.6 is 11.3 Å². The molecule has 4 rings (SSSR count). The maximum absolute atomic E-state index is 13.2. The van der Waals surface area contributed by atoms with Gasteiger partial charge in [-0.3, -0.25) is 4.79 Å². The van der Waals surface area contributed by atoms with Gasteiger partial charge in [-0.2, -0.15) is 5.10 Å². The van der Waals surface area contributed by atoms with Gasteiger partial charge in [-0.15, -0.1) is 11.3 Å². The molecule has 148 valence electrons. The number of carbonyl (C=O) groups excluding carboxylic acids is 1. The molecule has 1 aliphatic rings. The Hall–Kier alpha value is -3.32. The zero-order valence-electron chi connectivity index (χ0n) is 16.0. The van der Waals surface area contributed by atoms with E-state index in [4.69, 9.17) is 9.47 Å². The number of phenolic OH excluding ortho intramolecular Hbond substituents is 1. The van der Waals surface area contributed by atoms with Crippen LogP contribution < -0.4 is 9.47 Å². The summed E-state index contributed by atoms with van der Waals surface area (Å²) in [6.07, 6.45) is 0.580. The van der Waals surface area contributed by atoms with Crippen LogP contribution in [0.15, 0.2) is 65.1 Å². The van der Waals surface area contributed by atoms with Crippen LogP contribution in [0.1, 0.15) is 33.3 Å². The molecule has 1 amide bonds. The number of nitrogens with zero attached hydrogens (tertiary/aromatic N) is 2. The molecule has 0 bridgehead atoms. The minimum absolute atomic E-state index is 0.0656. The molecule has 1 aliphatic heterocycles. The summed E-state index contributed by atoms with van der Waals surface area (Å²) in [6, 6.07) is 15.9.